The predicted molar refractivity (Wildman–Crippen MR) is 53.4 cm³/mol. The summed E-state index contributed by atoms with van der Waals surface area (Å²) >= 11 is 0. The topological polar surface area (TPSA) is 44.0 Å². The van der Waals surface area contributed by atoms with Gasteiger partial charge in [0, 0.05) is 14.1 Å². The lowest BCUT2D eigenvalue weighted by Gasteiger charge is -2.09. The van der Waals surface area contributed by atoms with E-state index in [1.54, 1.807) is 0 Å². The average molecular weight is 176 g/mol. The van der Waals surface area contributed by atoms with E-state index in [4.69, 9.17) is 0 Å². The highest BCUT2D eigenvalue weighted by Crippen LogP contribution is 2.12. The number of fused-ring (bicyclic) bond motifs is 1. The van der Waals surface area contributed by atoms with Crippen LogP contribution >= 0.6 is 0 Å². The van der Waals surface area contributed by atoms with Gasteiger partial charge in [0.05, 0.1) is 11.0 Å². The van der Waals surface area contributed by atoms with Crippen LogP contribution in [0.1, 0.15) is 0 Å². The molecule has 0 unspecified atom stereocenters. The minimum absolute atomic E-state index is 0.770. The third-order valence-electron chi connectivity index (χ3n) is 1.72. The predicted octanol–water partition coefficient (Wildman–Crippen LogP) is 1.45. The lowest BCUT2D eigenvalue weighted by Crippen LogP contribution is -2.20. The Morgan fingerprint density at radius 2 is 2.08 bits per heavy atom. The van der Waals surface area contributed by atoms with E-state index in [2.05, 4.69) is 15.4 Å². The molecule has 0 aliphatic heterocycles. The number of benzene rings is 1. The minimum Gasteiger partial charge on any atom is -0.323 e. The minimum atomic E-state index is 0.770. The largest absolute Gasteiger partial charge is 0.323 e. The summed E-state index contributed by atoms with van der Waals surface area (Å²) in [5, 5.41) is 1.84. The molecule has 2 N–H and O–H groups in total. The van der Waals surface area contributed by atoms with Crippen molar-refractivity contribution in [1.29, 1.82) is 0 Å². The van der Waals surface area contributed by atoms with Crippen molar-refractivity contribution >= 4 is 17.0 Å². The van der Waals surface area contributed by atoms with Crippen molar-refractivity contribution in [3.05, 3.63) is 24.3 Å². The number of rotatable bonds is 2. The zero-order valence-electron chi connectivity index (χ0n) is 7.70. The highest BCUT2D eigenvalue weighted by atomic mass is 15.5. The van der Waals surface area contributed by atoms with Crippen molar-refractivity contribution in [2.45, 2.75) is 0 Å². The van der Waals surface area contributed by atoms with E-state index >= 15 is 0 Å². The van der Waals surface area contributed by atoms with Crippen LogP contribution in [-0.2, 0) is 0 Å². The number of hydrazine groups is 1. The molecular formula is C9H12N4. The van der Waals surface area contributed by atoms with E-state index in [0.717, 1.165) is 17.0 Å². The van der Waals surface area contributed by atoms with Crippen LogP contribution in [0.3, 0.4) is 0 Å². The number of nitrogens with zero attached hydrogens (tertiary/aromatic N) is 2. The van der Waals surface area contributed by atoms with E-state index in [9.17, 15) is 0 Å². The number of imidazole rings is 1. The van der Waals surface area contributed by atoms with Crippen molar-refractivity contribution in [2.24, 2.45) is 0 Å². The molecule has 1 aromatic carbocycles. The van der Waals surface area contributed by atoms with Crippen molar-refractivity contribution in [3.8, 4) is 0 Å². The number of H-pyrrole nitrogens is 1. The van der Waals surface area contributed by atoms with E-state index in [1.807, 2.05) is 43.4 Å². The van der Waals surface area contributed by atoms with Crippen LogP contribution in [0.15, 0.2) is 24.3 Å². The molecule has 2 rings (SSSR count). The first-order chi connectivity index (χ1) is 6.25. The van der Waals surface area contributed by atoms with Crippen molar-refractivity contribution in [3.63, 3.8) is 0 Å². The van der Waals surface area contributed by atoms with Gasteiger partial charge in [0.25, 0.3) is 0 Å². The van der Waals surface area contributed by atoms with Crippen LogP contribution in [0, 0.1) is 0 Å². The van der Waals surface area contributed by atoms with Crippen LogP contribution in [-0.4, -0.2) is 29.1 Å². The summed E-state index contributed by atoms with van der Waals surface area (Å²) in [5.74, 6) is 0.770. The summed E-state index contributed by atoms with van der Waals surface area (Å²) in [4.78, 5) is 7.51. The lowest BCUT2D eigenvalue weighted by molar-refractivity contribution is 0.490. The van der Waals surface area contributed by atoms with E-state index in [-0.39, 0.29) is 0 Å². The molecule has 1 heterocycles. The molecule has 4 heteroatoms. The standard InChI is InChI=1S/C9H12N4/c1-13(2)12-9-10-7-5-3-4-6-8(7)11-9/h3-6H,1-2H3,(H2,10,11,12). The molecule has 0 aliphatic rings. The highest BCUT2D eigenvalue weighted by Gasteiger charge is 2.00. The van der Waals surface area contributed by atoms with Gasteiger partial charge in [-0.3, -0.25) is 5.43 Å². The number of anilines is 1. The van der Waals surface area contributed by atoms with E-state index in [0.29, 0.717) is 0 Å². The van der Waals surface area contributed by atoms with Crippen LogP contribution in [0.5, 0.6) is 0 Å². The number of nitrogens with one attached hydrogen (secondary N) is 2. The molecule has 4 nitrogen and oxygen atoms in total. The third-order valence-corrected chi connectivity index (χ3v) is 1.72. The molecule has 0 spiro atoms. The number of hydrogen-bond acceptors (Lipinski definition) is 3. The van der Waals surface area contributed by atoms with Gasteiger partial charge in [-0.15, -0.1) is 0 Å². The molecule has 0 saturated heterocycles. The average Bonchev–Trinajstić information content (AvgIpc) is 2.44. The third kappa shape index (κ3) is 1.62. The quantitative estimate of drug-likeness (QED) is 0.681. The summed E-state index contributed by atoms with van der Waals surface area (Å²) in [6.45, 7) is 0. The Morgan fingerprint density at radius 3 is 2.77 bits per heavy atom. The van der Waals surface area contributed by atoms with Crippen molar-refractivity contribution < 1.29 is 0 Å². The molecule has 0 amide bonds. The van der Waals surface area contributed by atoms with E-state index in [1.165, 1.54) is 0 Å². The number of aromatic nitrogens is 2. The van der Waals surface area contributed by atoms with Gasteiger partial charge >= 0.3 is 0 Å². The van der Waals surface area contributed by atoms with Crippen LogP contribution in [0.25, 0.3) is 11.0 Å². The Morgan fingerprint density at radius 1 is 1.31 bits per heavy atom. The fraction of sp³-hybridized carbons (Fsp3) is 0.222. The SMILES string of the molecule is CN(C)Nc1nc2ccccc2[nH]1. The molecule has 0 fully saturated rings. The molecule has 0 saturated carbocycles. The Kier molecular flexibility index (Phi) is 1.90. The Labute approximate surface area is 76.6 Å². The molecular weight excluding hydrogens is 164 g/mol. The molecule has 13 heavy (non-hydrogen) atoms. The smallest absolute Gasteiger partial charge is 0.216 e. The molecule has 2 aromatic rings. The molecule has 0 atom stereocenters. The zero-order chi connectivity index (χ0) is 9.26. The monoisotopic (exact) mass is 176 g/mol. The lowest BCUT2D eigenvalue weighted by atomic mass is 10.3. The normalized spacial score (nSPS) is 11.0. The van der Waals surface area contributed by atoms with Crippen LogP contribution in [0.4, 0.5) is 5.95 Å². The van der Waals surface area contributed by atoms with Gasteiger partial charge in [-0.25, -0.2) is 9.99 Å². The summed E-state index contributed by atoms with van der Waals surface area (Å²) in [5.41, 5.74) is 5.09. The number of aromatic amines is 1. The Balaban J connectivity index is 2.38. The van der Waals surface area contributed by atoms with Gasteiger partial charge in [0.15, 0.2) is 0 Å². The first kappa shape index (κ1) is 8.07. The fourth-order valence-electron chi connectivity index (χ4n) is 1.22. The summed E-state index contributed by atoms with van der Waals surface area (Å²) in [7, 11) is 3.85. The second kappa shape index (κ2) is 3.06. The first-order valence-electron chi connectivity index (χ1n) is 4.14. The highest BCUT2D eigenvalue weighted by molar-refractivity contribution is 5.77. The van der Waals surface area contributed by atoms with Gasteiger partial charge in [-0.05, 0) is 12.1 Å². The van der Waals surface area contributed by atoms with Crippen molar-refractivity contribution in [2.75, 3.05) is 19.5 Å². The second-order valence-corrected chi connectivity index (χ2v) is 3.11. The van der Waals surface area contributed by atoms with Gasteiger partial charge in [-0.1, -0.05) is 12.1 Å². The maximum absolute atomic E-state index is 4.34. The molecule has 0 radical (unpaired) electrons. The maximum atomic E-state index is 4.34. The van der Waals surface area contributed by atoms with Crippen LogP contribution in [0.2, 0.25) is 0 Å². The van der Waals surface area contributed by atoms with Gasteiger partial charge in [0.2, 0.25) is 5.95 Å². The second-order valence-electron chi connectivity index (χ2n) is 3.11. The Hall–Kier alpha value is -1.55. The van der Waals surface area contributed by atoms with Gasteiger partial charge in [-0.2, -0.15) is 0 Å². The van der Waals surface area contributed by atoms with E-state index < -0.39 is 0 Å². The number of hydrogen-bond donors (Lipinski definition) is 2. The van der Waals surface area contributed by atoms with Gasteiger partial charge < -0.3 is 4.98 Å². The number of para-hydroxylation sites is 2. The maximum Gasteiger partial charge on any atom is 0.216 e. The summed E-state index contributed by atoms with van der Waals surface area (Å²) in [6.07, 6.45) is 0. The Bertz CT molecular complexity index is 372. The fourth-order valence-corrected chi connectivity index (χ4v) is 1.22. The van der Waals surface area contributed by atoms with Crippen LogP contribution < -0.4 is 5.43 Å². The molecule has 1 aromatic heterocycles. The van der Waals surface area contributed by atoms with Crippen molar-refractivity contribution in [1.82, 2.24) is 15.0 Å². The zero-order valence-corrected chi connectivity index (χ0v) is 7.70. The summed E-state index contributed by atoms with van der Waals surface area (Å²) < 4.78 is 0. The molecule has 0 bridgehead atoms. The summed E-state index contributed by atoms with van der Waals surface area (Å²) in [6, 6.07) is 7.94. The molecule has 68 valence electrons. The first-order valence-corrected chi connectivity index (χ1v) is 4.14. The van der Waals surface area contributed by atoms with Gasteiger partial charge in [0.1, 0.15) is 0 Å². The molecule has 0 aliphatic carbocycles.